The largest absolute Gasteiger partial charge is 0.394 e. The lowest BCUT2D eigenvalue weighted by molar-refractivity contribution is -0.155. The van der Waals surface area contributed by atoms with Crippen LogP contribution >= 0.6 is 0 Å². The highest BCUT2D eigenvalue weighted by Gasteiger charge is 2.43. The molecule has 1 saturated heterocycles. The maximum absolute atomic E-state index is 12.8. The maximum Gasteiger partial charge on any atom is 0.259 e. The summed E-state index contributed by atoms with van der Waals surface area (Å²) < 4.78 is 0. The Hall–Kier alpha value is -1.39. The van der Waals surface area contributed by atoms with Gasteiger partial charge in [0.05, 0.1) is 12.6 Å². The fourth-order valence-corrected chi connectivity index (χ4v) is 2.98. The average molecular weight is 277 g/mol. The van der Waals surface area contributed by atoms with E-state index in [0.717, 1.165) is 19.3 Å². The third kappa shape index (κ3) is 2.72. The van der Waals surface area contributed by atoms with Crippen LogP contribution in [0.5, 0.6) is 0 Å². The number of benzene rings is 1. The molecule has 1 aliphatic heterocycles. The Morgan fingerprint density at radius 3 is 2.70 bits per heavy atom. The van der Waals surface area contributed by atoms with Crippen molar-refractivity contribution in [2.45, 2.75) is 44.2 Å². The lowest BCUT2D eigenvalue weighted by atomic mass is 9.87. The lowest BCUT2D eigenvalue weighted by Gasteiger charge is -2.34. The molecular weight excluding hydrogens is 254 g/mol. The number of rotatable bonds is 5. The first-order valence-corrected chi connectivity index (χ1v) is 7.33. The minimum Gasteiger partial charge on any atom is -0.394 e. The van der Waals surface area contributed by atoms with Crippen molar-refractivity contribution in [3.8, 4) is 0 Å². The van der Waals surface area contributed by atoms with E-state index in [2.05, 4.69) is 0 Å². The molecular formula is C16H23NO3. The van der Waals surface area contributed by atoms with Gasteiger partial charge in [-0.25, -0.2) is 0 Å². The van der Waals surface area contributed by atoms with Gasteiger partial charge < -0.3 is 15.1 Å². The smallest absolute Gasteiger partial charge is 0.259 e. The molecule has 4 nitrogen and oxygen atoms in total. The van der Waals surface area contributed by atoms with Gasteiger partial charge in [-0.3, -0.25) is 4.79 Å². The van der Waals surface area contributed by atoms with Crippen molar-refractivity contribution in [1.82, 2.24) is 4.90 Å². The molecule has 2 rings (SSSR count). The standard InChI is InChI=1S/C16H23NO3/c1-2-10-16(20,13-7-4-3-5-8-13)15(19)17-11-6-9-14(17)12-18/h3-5,7-8,14,18,20H,2,6,9-12H2,1H3/t14-,16+/m0/s1. The summed E-state index contributed by atoms with van der Waals surface area (Å²) in [7, 11) is 0. The topological polar surface area (TPSA) is 60.8 Å². The van der Waals surface area contributed by atoms with E-state index >= 15 is 0 Å². The molecule has 0 spiro atoms. The molecule has 1 aromatic carbocycles. The first-order chi connectivity index (χ1) is 9.63. The molecule has 4 heteroatoms. The zero-order valence-electron chi connectivity index (χ0n) is 12.0. The fraction of sp³-hybridized carbons (Fsp3) is 0.562. The van der Waals surface area contributed by atoms with Crippen molar-refractivity contribution in [2.75, 3.05) is 13.2 Å². The van der Waals surface area contributed by atoms with Gasteiger partial charge in [-0.15, -0.1) is 0 Å². The van der Waals surface area contributed by atoms with E-state index in [1.807, 2.05) is 25.1 Å². The first kappa shape index (κ1) is 15.0. The number of amides is 1. The van der Waals surface area contributed by atoms with Gasteiger partial charge in [-0.05, 0) is 24.8 Å². The minimum absolute atomic E-state index is 0.0390. The summed E-state index contributed by atoms with van der Waals surface area (Å²) in [6, 6.07) is 8.95. The Morgan fingerprint density at radius 1 is 1.40 bits per heavy atom. The third-order valence-electron chi connectivity index (χ3n) is 4.07. The summed E-state index contributed by atoms with van der Waals surface area (Å²) in [5.41, 5.74) is -0.844. The van der Waals surface area contributed by atoms with Crippen LogP contribution in [0.25, 0.3) is 0 Å². The third-order valence-corrected chi connectivity index (χ3v) is 4.07. The minimum atomic E-state index is -1.48. The molecule has 20 heavy (non-hydrogen) atoms. The maximum atomic E-state index is 12.8. The fourth-order valence-electron chi connectivity index (χ4n) is 2.98. The van der Waals surface area contributed by atoms with Gasteiger partial charge in [-0.2, -0.15) is 0 Å². The van der Waals surface area contributed by atoms with E-state index in [1.54, 1.807) is 17.0 Å². The summed E-state index contributed by atoms with van der Waals surface area (Å²) in [4.78, 5) is 14.4. The Bertz CT molecular complexity index is 448. The molecule has 0 radical (unpaired) electrons. The Labute approximate surface area is 120 Å². The lowest BCUT2D eigenvalue weighted by Crippen LogP contribution is -2.49. The number of hydrogen-bond acceptors (Lipinski definition) is 3. The molecule has 1 aliphatic rings. The van der Waals surface area contributed by atoms with E-state index in [0.29, 0.717) is 18.5 Å². The Morgan fingerprint density at radius 2 is 2.10 bits per heavy atom. The number of hydrogen-bond donors (Lipinski definition) is 2. The molecule has 1 fully saturated rings. The molecule has 2 N–H and O–H groups in total. The number of carbonyl (C=O) groups is 1. The summed E-state index contributed by atoms with van der Waals surface area (Å²) >= 11 is 0. The summed E-state index contributed by atoms with van der Waals surface area (Å²) in [5, 5.41) is 20.3. The summed E-state index contributed by atoms with van der Waals surface area (Å²) in [6.45, 7) is 2.53. The molecule has 0 bridgehead atoms. The van der Waals surface area contributed by atoms with Crippen molar-refractivity contribution < 1.29 is 15.0 Å². The first-order valence-electron chi connectivity index (χ1n) is 7.33. The van der Waals surface area contributed by atoms with Gasteiger partial charge in [0.2, 0.25) is 0 Å². The molecule has 2 atom stereocenters. The van der Waals surface area contributed by atoms with Gasteiger partial charge in [-0.1, -0.05) is 43.7 Å². The second kappa shape index (κ2) is 6.37. The Kier molecular flexibility index (Phi) is 4.78. The number of aliphatic hydroxyl groups is 2. The van der Waals surface area contributed by atoms with Gasteiger partial charge in [0.25, 0.3) is 5.91 Å². The van der Waals surface area contributed by atoms with Crippen molar-refractivity contribution in [3.05, 3.63) is 35.9 Å². The summed E-state index contributed by atoms with van der Waals surface area (Å²) in [5.74, 6) is -0.276. The molecule has 0 unspecified atom stereocenters. The number of carbonyl (C=O) groups excluding carboxylic acids is 1. The van der Waals surface area contributed by atoms with Crippen LogP contribution in [0.15, 0.2) is 30.3 Å². The van der Waals surface area contributed by atoms with Crippen LogP contribution in [0, 0.1) is 0 Å². The van der Waals surface area contributed by atoms with Crippen molar-refractivity contribution >= 4 is 5.91 Å². The summed E-state index contributed by atoms with van der Waals surface area (Å²) in [6.07, 6.45) is 2.80. The second-order valence-electron chi connectivity index (χ2n) is 5.45. The van der Waals surface area contributed by atoms with Gasteiger partial charge >= 0.3 is 0 Å². The van der Waals surface area contributed by atoms with E-state index in [-0.39, 0.29) is 18.6 Å². The number of aliphatic hydroxyl groups excluding tert-OH is 1. The molecule has 0 aromatic heterocycles. The van der Waals surface area contributed by atoms with Crippen LogP contribution < -0.4 is 0 Å². The van der Waals surface area contributed by atoms with Crippen LogP contribution in [-0.4, -0.2) is 40.2 Å². The molecule has 110 valence electrons. The average Bonchev–Trinajstić information content (AvgIpc) is 2.96. The highest BCUT2D eigenvalue weighted by atomic mass is 16.3. The van der Waals surface area contributed by atoms with Crippen LogP contribution in [0.4, 0.5) is 0 Å². The van der Waals surface area contributed by atoms with Crippen molar-refractivity contribution in [3.63, 3.8) is 0 Å². The van der Waals surface area contributed by atoms with E-state index < -0.39 is 5.60 Å². The normalized spacial score (nSPS) is 21.8. The molecule has 1 heterocycles. The van der Waals surface area contributed by atoms with Crippen LogP contribution in [0.2, 0.25) is 0 Å². The van der Waals surface area contributed by atoms with Crippen LogP contribution in [0.1, 0.15) is 38.2 Å². The SMILES string of the molecule is CCC[C@](O)(C(=O)N1CCC[C@H]1CO)c1ccccc1. The molecule has 1 amide bonds. The van der Waals surface area contributed by atoms with Gasteiger partial charge in [0, 0.05) is 6.54 Å². The van der Waals surface area contributed by atoms with Crippen molar-refractivity contribution in [2.24, 2.45) is 0 Å². The van der Waals surface area contributed by atoms with E-state index in [4.69, 9.17) is 0 Å². The van der Waals surface area contributed by atoms with Gasteiger partial charge in [0.1, 0.15) is 0 Å². The van der Waals surface area contributed by atoms with Crippen molar-refractivity contribution in [1.29, 1.82) is 0 Å². The monoisotopic (exact) mass is 277 g/mol. The van der Waals surface area contributed by atoms with Gasteiger partial charge in [0.15, 0.2) is 5.60 Å². The Balaban J connectivity index is 2.30. The molecule has 0 aliphatic carbocycles. The predicted octanol–water partition coefficient (Wildman–Crippen LogP) is 1.66. The number of nitrogens with zero attached hydrogens (tertiary/aromatic N) is 1. The zero-order valence-corrected chi connectivity index (χ0v) is 12.0. The van der Waals surface area contributed by atoms with E-state index in [9.17, 15) is 15.0 Å². The highest BCUT2D eigenvalue weighted by Crippen LogP contribution is 2.31. The number of likely N-dealkylation sites (tertiary alicyclic amines) is 1. The van der Waals surface area contributed by atoms with Crippen LogP contribution in [0.3, 0.4) is 0 Å². The second-order valence-corrected chi connectivity index (χ2v) is 5.45. The van der Waals surface area contributed by atoms with Crippen LogP contribution in [-0.2, 0) is 10.4 Å². The predicted molar refractivity (Wildman–Crippen MR) is 77.1 cm³/mol. The molecule has 0 saturated carbocycles. The quantitative estimate of drug-likeness (QED) is 0.860. The molecule has 1 aromatic rings. The van der Waals surface area contributed by atoms with E-state index in [1.165, 1.54) is 0 Å². The zero-order chi connectivity index (χ0) is 14.6. The highest BCUT2D eigenvalue weighted by molar-refractivity contribution is 5.86.